The van der Waals surface area contributed by atoms with Gasteiger partial charge in [-0.25, -0.2) is 8.42 Å². The van der Waals surface area contributed by atoms with Crippen molar-refractivity contribution in [2.45, 2.75) is 31.1 Å². The molecule has 1 N–H and O–H groups in total. The molecule has 0 aliphatic carbocycles. The van der Waals surface area contributed by atoms with Crippen LogP contribution in [0.2, 0.25) is 0 Å². The van der Waals surface area contributed by atoms with Crippen molar-refractivity contribution in [3.8, 4) is 0 Å². The Balaban J connectivity index is 0.00000312. The second-order valence-electron chi connectivity index (χ2n) is 6.08. The summed E-state index contributed by atoms with van der Waals surface area (Å²) in [6.07, 6.45) is 2.65. The number of hydrogen-bond acceptors (Lipinski definition) is 4. The molecule has 8 heteroatoms. The molecule has 0 aromatic heterocycles. The molecule has 1 aromatic rings. The lowest BCUT2D eigenvalue weighted by atomic mass is 10.2. The van der Waals surface area contributed by atoms with Gasteiger partial charge in [-0.1, -0.05) is 25.5 Å². The van der Waals surface area contributed by atoms with E-state index in [9.17, 15) is 13.2 Å². The number of carbonyl (C=O) groups excluding carboxylic acids is 1. The minimum absolute atomic E-state index is 0. The first-order valence-electron chi connectivity index (χ1n) is 8.54. The third kappa shape index (κ3) is 5.41. The fraction of sp³-hybridized carbons (Fsp3) is 0.588. The number of unbranched alkanes of at least 4 members (excludes halogenated alkanes) is 1. The van der Waals surface area contributed by atoms with E-state index in [-0.39, 0.29) is 28.8 Å². The first-order valence-corrected chi connectivity index (χ1v) is 9.98. The molecule has 0 radical (unpaired) electrons. The van der Waals surface area contributed by atoms with Crippen molar-refractivity contribution in [1.29, 1.82) is 0 Å². The quantitative estimate of drug-likeness (QED) is 0.807. The summed E-state index contributed by atoms with van der Waals surface area (Å²) in [5.41, 5.74) is 0.258. The predicted molar refractivity (Wildman–Crippen MR) is 102 cm³/mol. The van der Waals surface area contributed by atoms with Crippen LogP contribution in [0.5, 0.6) is 0 Å². The van der Waals surface area contributed by atoms with Gasteiger partial charge in [0.25, 0.3) is 5.91 Å². The molecule has 0 bridgehead atoms. The van der Waals surface area contributed by atoms with Gasteiger partial charge in [-0.2, -0.15) is 4.31 Å². The Morgan fingerprint density at radius 1 is 1.24 bits per heavy atom. The zero-order valence-electron chi connectivity index (χ0n) is 14.9. The number of rotatable bonds is 6. The second kappa shape index (κ2) is 10.1. The third-order valence-electron chi connectivity index (χ3n) is 4.23. The summed E-state index contributed by atoms with van der Waals surface area (Å²) in [6.45, 7) is 5.03. The lowest BCUT2D eigenvalue weighted by Gasteiger charge is -2.23. The maximum atomic E-state index is 13.0. The summed E-state index contributed by atoms with van der Waals surface area (Å²) in [4.78, 5) is 14.4. The molecule has 0 spiro atoms. The van der Waals surface area contributed by atoms with Crippen molar-refractivity contribution < 1.29 is 13.2 Å². The number of nitrogens with one attached hydrogen (secondary N) is 1. The van der Waals surface area contributed by atoms with Crippen molar-refractivity contribution in [2.24, 2.45) is 0 Å². The predicted octanol–water partition coefficient (Wildman–Crippen LogP) is 1.96. The van der Waals surface area contributed by atoms with Gasteiger partial charge in [-0.15, -0.1) is 12.4 Å². The van der Waals surface area contributed by atoms with Crippen molar-refractivity contribution in [3.63, 3.8) is 0 Å². The number of sulfonamides is 1. The van der Waals surface area contributed by atoms with Crippen LogP contribution in [-0.2, 0) is 10.0 Å². The summed E-state index contributed by atoms with van der Waals surface area (Å²) in [5.74, 6) is -0.240. The van der Waals surface area contributed by atoms with Crippen molar-refractivity contribution >= 4 is 28.3 Å². The molecule has 2 rings (SSSR count). The molecule has 6 nitrogen and oxygen atoms in total. The lowest BCUT2D eigenvalue weighted by Crippen LogP contribution is -2.36. The van der Waals surface area contributed by atoms with E-state index in [4.69, 9.17) is 0 Å². The van der Waals surface area contributed by atoms with Crippen LogP contribution in [-0.4, -0.2) is 63.3 Å². The summed E-state index contributed by atoms with van der Waals surface area (Å²) in [7, 11) is -1.95. The first kappa shape index (κ1) is 21.9. The monoisotopic (exact) mass is 389 g/mol. The Morgan fingerprint density at radius 3 is 2.68 bits per heavy atom. The maximum Gasteiger partial charge on any atom is 0.254 e. The van der Waals surface area contributed by atoms with Gasteiger partial charge in [-0.05, 0) is 31.5 Å². The molecule has 25 heavy (non-hydrogen) atoms. The molecule has 0 atom stereocenters. The highest BCUT2D eigenvalue weighted by Crippen LogP contribution is 2.22. The Morgan fingerprint density at radius 2 is 1.96 bits per heavy atom. The summed E-state index contributed by atoms with van der Waals surface area (Å²) in [5, 5.41) is 3.20. The fourth-order valence-corrected chi connectivity index (χ4v) is 4.43. The van der Waals surface area contributed by atoms with Crippen LogP contribution in [0.15, 0.2) is 29.2 Å². The average Bonchev–Trinajstić information content (AvgIpc) is 2.89. The van der Waals surface area contributed by atoms with E-state index < -0.39 is 10.0 Å². The second-order valence-corrected chi connectivity index (χ2v) is 7.99. The number of amides is 1. The Kier molecular flexibility index (Phi) is 8.85. The van der Waals surface area contributed by atoms with Crippen molar-refractivity contribution in [1.82, 2.24) is 14.5 Å². The molecular weight excluding hydrogens is 362 g/mol. The van der Waals surface area contributed by atoms with Gasteiger partial charge >= 0.3 is 0 Å². The normalized spacial score (nSPS) is 15.9. The van der Waals surface area contributed by atoms with E-state index in [1.54, 1.807) is 30.1 Å². The van der Waals surface area contributed by atoms with Crippen LogP contribution in [0.1, 0.15) is 36.5 Å². The number of nitrogens with zero attached hydrogens (tertiary/aromatic N) is 2. The molecule has 1 aliphatic rings. The highest BCUT2D eigenvalue weighted by atomic mass is 35.5. The van der Waals surface area contributed by atoms with Gasteiger partial charge in [0.15, 0.2) is 0 Å². The third-order valence-corrected chi connectivity index (χ3v) is 6.18. The zero-order chi connectivity index (χ0) is 17.6. The number of carbonyl (C=O) groups is 1. The average molecular weight is 390 g/mol. The molecule has 1 amide bonds. The van der Waals surface area contributed by atoms with E-state index >= 15 is 0 Å². The maximum absolute atomic E-state index is 13.0. The van der Waals surface area contributed by atoms with E-state index in [1.807, 2.05) is 0 Å². The van der Waals surface area contributed by atoms with Crippen LogP contribution < -0.4 is 5.32 Å². The zero-order valence-corrected chi connectivity index (χ0v) is 16.5. The molecule has 1 fully saturated rings. The Bertz CT molecular complexity index is 659. The molecule has 142 valence electrons. The minimum atomic E-state index is -3.67. The standard InChI is InChI=1S/C17H27N3O3S.ClH/c1-3-4-12-19(2)17(21)15-8-5-6-9-16(15)24(22,23)20-13-7-10-18-11-14-20;/h5-6,8-9,18H,3-4,7,10-14H2,1-2H3;1H. The van der Waals surface area contributed by atoms with Crippen LogP contribution in [0.4, 0.5) is 0 Å². The van der Waals surface area contributed by atoms with E-state index in [1.165, 1.54) is 10.4 Å². The van der Waals surface area contributed by atoms with E-state index in [0.717, 1.165) is 25.8 Å². The van der Waals surface area contributed by atoms with Crippen molar-refractivity contribution in [3.05, 3.63) is 29.8 Å². The Labute approximate surface area is 157 Å². The Hall–Kier alpha value is -1.15. The van der Waals surface area contributed by atoms with Gasteiger partial charge in [0.1, 0.15) is 0 Å². The van der Waals surface area contributed by atoms with Gasteiger partial charge in [-0.3, -0.25) is 4.79 Å². The topological polar surface area (TPSA) is 69.7 Å². The smallest absolute Gasteiger partial charge is 0.254 e. The molecular formula is C17H28ClN3O3S. The van der Waals surface area contributed by atoms with Crippen LogP contribution in [0, 0.1) is 0 Å². The number of hydrogen-bond donors (Lipinski definition) is 1. The van der Waals surface area contributed by atoms with Crippen LogP contribution in [0.3, 0.4) is 0 Å². The lowest BCUT2D eigenvalue weighted by molar-refractivity contribution is 0.0789. The van der Waals surface area contributed by atoms with Gasteiger partial charge in [0.2, 0.25) is 10.0 Å². The largest absolute Gasteiger partial charge is 0.342 e. The van der Waals surface area contributed by atoms with Gasteiger partial charge in [0.05, 0.1) is 10.5 Å². The highest BCUT2D eigenvalue weighted by Gasteiger charge is 2.29. The van der Waals surface area contributed by atoms with Crippen LogP contribution >= 0.6 is 12.4 Å². The van der Waals surface area contributed by atoms with Gasteiger partial charge in [0, 0.05) is 33.2 Å². The number of benzene rings is 1. The molecule has 1 heterocycles. The summed E-state index contributed by atoms with van der Waals surface area (Å²) >= 11 is 0. The SMILES string of the molecule is CCCCN(C)C(=O)c1ccccc1S(=O)(=O)N1CCCNCC1.Cl. The van der Waals surface area contributed by atoms with Gasteiger partial charge < -0.3 is 10.2 Å². The molecule has 0 unspecified atom stereocenters. The van der Waals surface area contributed by atoms with E-state index in [2.05, 4.69) is 12.2 Å². The molecule has 0 saturated carbocycles. The fourth-order valence-electron chi connectivity index (χ4n) is 2.77. The van der Waals surface area contributed by atoms with Crippen LogP contribution in [0.25, 0.3) is 0 Å². The van der Waals surface area contributed by atoms with Crippen molar-refractivity contribution in [2.75, 3.05) is 39.8 Å². The minimum Gasteiger partial charge on any atom is -0.342 e. The van der Waals surface area contributed by atoms with E-state index in [0.29, 0.717) is 26.2 Å². The summed E-state index contributed by atoms with van der Waals surface area (Å²) in [6, 6.07) is 6.53. The number of halogens is 1. The molecule has 1 aromatic carbocycles. The molecule has 1 saturated heterocycles. The first-order chi connectivity index (χ1) is 11.5. The highest BCUT2D eigenvalue weighted by molar-refractivity contribution is 7.89. The summed E-state index contributed by atoms with van der Waals surface area (Å²) < 4.78 is 27.5. The molecule has 1 aliphatic heterocycles.